The summed E-state index contributed by atoms with van der Waals surface area (Å²) >= 11 is 0. The van der Waals surface area contributed by atoms with Crippen molar-refractivity contribution < 1.29 is 17.6 Å². The van der Waals surface area contributed by atoms with Crippen molar-refractivity contribution in [3.05, 3.63) is 35.1 Å². The molecule has 90 valence electrons. The summed E-state index contributed by atoms with van der Waals surface area (Å²) in [6.07, 6.45) is -4.36. The van der Waals surface area contributed by atoms with Crippen LogP contribution in [0.15, 0.2) is 18.2 Å². The van der Waals surface area contributed by atoms with E-state index in [1.54, 1.807) is 0 Å². The Kier molecular flexibility index (Phi) is 3.88. The summed E-state index contributed by atoms with van der Waals surface area (Å²) in [5.41, 5.74) is 9.57. The van der Waals surface area contributed by atoms with Gasteiger partial charge in [-0.05, 0) is 36.7 Å². The minimum Gasteiger partial charge on any atom is -0.330 e. The quantitative estimate of drug-likeness (QED) is 0.790. The molecule has 0 saturated carbocycles. The number of benzene rings is 1. The summed E-state index contributed by atoms with van der Waals surface area (Å²) in [4.78, 5) is 0. The molecule has 16 heavy (non-hydrogen) atoms. The molecule has 0 spiro atoms. The van der Waals surface area contributed by atoms with Crippen molar-refractivity contribution in [2.75, 3.05) is 6.54 Å². The van der Waals surface area contributed by atoms with Gasteiger partial charge in [0.25, 0.3) is 0 Å². The zero-order valence-corrected chi connectivity index (χ0v) is 8.39. The van der Waals surface area contributed by atoms with Gasteiger partial charge >= 0.3 is 6.18 Å². The second-order valence-corrected chi connectivity index (χ2v) is 3.41. The highest BCUT2D eigenvalue weighted by atomic mass is 19.4. The standard InChI is InChI=1S/C10H12F4N2/c11-6-1-2-8(10(12,13)14)7(5-6)9(16)3-4-15/h1-2,5,9H,3-4,15-16H2/t9-/m1/s1. The first-order chi connectivity index (χ1) is 7.36. The first-order valence-corrected chi connectivity index (χ1v) is 4.68. The van der Waals surface area contributed by atoms with Crippen molar-refractivity contribution in [3.63, 3.8) is 0 Å². The maximum Gasteiger partial charge on any atom is 0.416 e. The molecule has 4 N–H and O–H groups in total. The Hall–Kier alpha value is -1.14. The molecule has 6 heteroatoms. The number of nitrogens with two attached hydrogens (primary N) is 2. The Morgan fingerprint density at radius 1 is 1.25 bits per heavy atom. The third-order valence-electron chi connectivity index (χ3n) is 2.20. The topological polar surface area (TPSA) is 52.0 Å². The first kappa shape index (κ1) is 12.9. The summed E-state index contributed by atoms with van der Waals surface area (Å²) in [6.45, 7) is 0.148. The highest BCUT2D eigenvalue weighted by molar-refractivity contribution is 5.32. The molecule has 1 aromatic carbocycles. The largest absolute Gasteiger partial charge is 0.416 e. The third-order valence-corrected chi connectivity index (χ3v) is 2.20. The van der Waals surface area contributed by atoms with Gasteiger partial charge in [0.15, 0.2) is 0 Å². The van der Waals surface area contributed by atoms with E-state index in [0.29, 0.717) is 6.07 Å². The molecule has 0 aromatic heterocycles. The summed E-state index contributed by atoms with van der Waals surface area (Å²) in [6, 6.07) is 1.36. The van der Waals surface area contributed by atoms with E-state index in [4.69, 9.17) is 11.5 Å². The van der Waals surface area contributed by atoms with Crippen molar-refractivity contribution in [2.45, 2.75) is 18.6 Å². The Bertz CT molecular complexity index is 362. The number of rotatable bonds is 3. The summed E-state index contributed by atoms with van der Waals surface area (Å²) in [5, 5.41) is 0. The van der Waals surface area contributed by atoms with Crippen LogP contribution in [0.25, 0.3) is 0 Å². The minimum absolute atomic E-state index is 0.148. The Labute approximate surface area is 90.2 Å². The molecule has 0 aliphatic heterocycles. The number of alkyl halides is 3. The lowest BCUT2D eigenvalue weighted by molar-refractivity contribution is -0.138. The second-order valence-electron chi connectivity index (χ2n) is 3.41. The van der Waals surface area contributed by atoms with Gasteiger partial charge in [-0.2, -0.15) is 13.2 Å². The van der Waals surface area contributed by atoms with E-state index >= 15 is 0 Å². The highest BCUT2D eigenvalue weighted by Gasteiger charge is 2.34. The Morgan fingerprint density at radius 3 is 2.38 bits per heavy atom. The van der Waals surface area contributed by atoms with Gasteiger partial charge in [-0.3, -0.25) is 0 Å². The van der Waals surface area contributed by atoms with E-state index in [0.717, 1.165) is 12.1 Å². The van der Waals surface area contributed by atoms with Crippen molar-refractivity contribution in [1.82, 2.24) is 0 Å². The molecule has 1 atom stereocenters. The predicted octanol–water partition coefficient (Wildman–Crippen LogP) is 2.19. The van der Waals surface area contributed by atoms with E-state index in [9.17, 15) is 17.6 Å². The van der Waals surface area contributed by atoms with Crippen LogP contribution < -0.4 is 11.5 Å². The van der Waals surface area contributed by atoms with Gasteiger partial charge in [-0.25, -0.2) is 4.39 Å². The third kappa shape index (κ3) is 2.93. The first-order valence-electron chi connectivity index (χ1n) is 4.68. The van der Waals surface area contributed by atoms with E-state index in [1.807, 2.05) is 0 Å². The normalized spacial score (nSPS) is 13.9. The zero-order valence-electron chi connectivity index (χ0n) is 8.39. The fourth-order valence-corrected chi connectivity index (χ4v) is 1.43. The maximum absolute atomic E-state index is 12.9. The summed E-state index contributed by atoms with van der Waals surface area (Å²) in [7, 11) is 0. The average Bonchev–Trinajstić information content (AvgIpc) is 2.16. The van der Waals surface area contributed by atoms with Crippen molar-refractivity contribution in [1.29, 1.82) is 0 Å². The predicted molar refractivity (Wildman–Crippen MR) is 52.0 cm³/mol. The van der Waals surface area contributed by atoms with E-state index < -0.39 is 23.6 Å². The molecule has 0 fully saturated rings. The van der Waals surface area contributed by atoms with Crippen LogP contribution in [0, 0.1) is 5.82 Å². The fourth-order valence-electron chi connectivity index (χ4n) is 1.43. The van der Waals surface area contributed by atoms with Crippen LogP contribution >= 0.6 is 0 Å². The summed E-state index contributed by atoms with van der Waals surface area (Å²) < 4.78 is 50.6. The van der Waals surface area contributed by atoms with E-state index in [-0.39, 0.29) is 18.5 Å². The Balaban J connectivity index is 3.18. The zero-order chi connectivity index (χ0) is 12.3. The molecule has 0 radical (unpaired) electrons. The summed E-state index contributed by atoms with van der Waals surface area (Å²) in [5.74, 6) is -0.740. The molecule has 0 saturated heterocycles. The van der Waals surface area contributed by atoms with Crippen molar-refractivity contribution >= 4 is 0 Å². The second kappa shape index (κ2) is 4.80. The van der Waals surface area contributed by atoms with Crippen LogP contribution in [-0.4, -0.2) is 6.54 Å². The lowest BCUT2D eigenvalue weighted by atomic mass is 9.98. The Morgan fingerprint density at radius 2 is 1.88 bits per heavy atom. The van der Waals surface area contributed by atoms with Gasteiger partial charge in [0.05, 0.1) is 5.56 Å². The van der Waals surface area contributed by atoms with Crippen molar-refractivity contribution in [3.8, 4) is 0 Å². The molecule has 0 aliphatic carbocycles. The van der Waals surface area contributed by atoms with Crippen LogP contribution in [0.5, 0.6) is 0 Å². The SMILES string of the molecule is NCC[C@@H](N)c1cc(F)ccc1C(F)(F)F. The van der Waals surface area contributed by atoms with Crippen LogP contribution in [0.3, 0.4) is 0 Å². The molecular weight excluding hydrogens is 224 g/mol. The lowest BCUT2D eigenvalue weighted by Crippen LogP contribution is -2.20. The van der Waals surface area contributed by atoms with Crippen LogP contribution in [0.1, 0.15) is 23.6 Å². The highest BCUT2D eigenvalue weighted by Crippen LogP contribution is 2.35. The van der Waals surface area contributed by atoms with Gasteiger partial charge in [0.1, 0.15) is 5.82 Å². The molecule has 0 unspecified atom stereocenters. The fraction of sp³-hybridized carbons (Fsp3) is 0.400. The van der Waals surface area contributed by atoms with E-state index in [2.05, 4.69) is 0 Å². The van der Waals surface area contributed by atoms with Gasteiger partial charge in [-0.15, -0.1) is 0 Å². The van der Waals surface area contributed by atoms with Crippen LogP contribution in [-0.2, 0) is 6.18 Å². The smallest absolute Gasteiger partial charge is 0.330 e. The van der Waals surface area contributed by atoms with Gasteiger partial charge in [-0.1, -0.05) is 0 Å². The molecule has 0 heterocycles. The van der Waals surface area contributed by atoms with Gasteiger partial charge in [0, 0.05) is 6.04 Å². The minimum atomic E-state index is -4.53. The van der Waals surface area contributed by atoms with Crippen LogP contribution in [0.2, 0.25) is 0 Å². The van der Waals surface area contributed by atoms with Crippen LogP contribution in [0.4, 0.5) is 17.6 Å². The maximum atomic E-state index is 12.9. The van der Waals surface area contributed by atoms with Gasteiger partial charge in [0.2, 0.25) is 0 Å². The average molecular weight is 236 g/mol. The number of hydrogen-bond acceptors (Lipinski definition) is 2. The lowest BCUT2D eigenvalue weighted by Gasteiger charge is -2.17. The monoisotopic (exact) mass is 236 g/mol. The molecule has 0 amide bonds. The van der Waals surface area contributed by atoms with Gasteiger partial charge < -0.3 is 11.5 Å². The molecule has 0 aliphatic rings. The van der Waals surface area contributed by atoms with E-state index in [1.165, 1.54) is 0 Å². The molecule has 1 aromatic rings. The molecular formula is C10H12F4N2. The van der Waals surface area contributed by atoms with Crippen molar-refractivity contribution in [2.24, 2.45) is 11.5 Å². The molecule has 1 rings (SSSR count). The number of halogens is 4. The number of hydrogen-bond donors (Lipinski definition) is 2. The molecule has 2 nitrogen and oxygen atoms in total. The molecule has 0 bridgehead atoms.